The Morgan fingerprint density at radius 2 is 0.736 bits per heavy atom. The lowest BCUT2D eigenvalue weighted by molar-refractivity contribution is -0.302. The van der Waals surface area contributed by atoms with E-state index in [2.05, 4.69) is 67.8 Å². The first kappa shape index (κ1) is 86.4. The van der Waals surface area contributed by atoms with Crippen molar-refractivity contribution in [2.75, 3.05) is 19.8 Å². The summed E-state index contributed by atoms with van der Waals surface area (Å²) in [4.78, 5) is 25.1. The molecule has 1 saturated heterocycles. The molecule has 7 atom stereocenters. The number of carbonyl (C=O) groups excluding carboxylic acids is 2. The summed E-state index contributed by atoms with van der Waals surface area (Å²) in [6, 6.07) is -0.807. The molecule has 0 bridgehead atoms. The summed E-state index contributed by atoms with van der Waals surface area (Å²) in [5.74, 6) is -0.175. The van der Waals surface area contributed by atoms with Crippen molar-refractivity contribution in [1.29, 1.82) is 0 Å². The van der Waals surface area contributed by atoms with E-state index in [9.17, 15) is 35.1 Å². The average Bonchev–Trinajstić information content (AvgIpc) is 3.30. The van der Waals surface area contributed by atoms with Gasteiger partial charge >= 0.3 is 5.97 Å². The molecule has 0 aromatic carbocycles. The molecule has 532 valence electrons. The number of unbranched alkanes of at least 4 members (excludes halogenated alkanes) is 47. The van der Waals surface area contributed by atoms with E-state index in [4.69, 9.17) is 14.2 Å². The van der Waals surface area contributed by atoms with Crippen LogP contribution in [0.2, 0.25) is 0 Å². The van der Waals surface area contributed by atoms with Gasteiger partial charge in [-0.05, 0) is 96.3 Å². The number of hydrogen-bond donors (Lipinski definition) is 6. The zero-order valence-electron chi connectivity index (χ0n) is 59.3. The fourth-order valence-corrected chi connectivity index (χ4v) is 12.2. The molecular weight excluding hydrogens is 1130 g/mol. The normalized spacial score (nSPS) is 17.9. The van der Waals surface area contributed by atoms with E-state index in [1.165, 1.54) is 276 Å². The van der Waals surface area contributed by atoms with Crippen LogP contribution in [0.4, 0.5) is 0 Å². The second kappa shape index (κ2) is 68.7. The zero-order valence-corrected chi connectivity index (χ0v) is 59.3. The van der Waals surface area contributed by atoms with Gasteiger partial charge in [0.15, 0.2) is 6.29 Å². The summed E-state index contributed by atoms with van der Waals surface area (Å²) in [6.45, 7) is 4.32. The van der Waals surface area contributed by atoms with E-state index in [1.54, 1.807) is 6.08 Å². The van der Waals surface area contributed by atoms with Crippen LogP contribution in [-0.2, 0) is 23.8 Å². The number of rotatable bonds is 69. The number of esters is 1. The predicted octanol–water partition coefficient (Wildman–Crippen LogP) is 20.9. The molecule has 1 aliphatic heterocycles. The first-order valence-electron chi connectivity index (χ1n) is 39.1. The molecule has 0 aromatic rings. The highest BCUT2D eigenvalue weighted by molar-refractivity contribution is 5.76. The largest absolute Gasteiger partial charge is 0.466 e. The van der Waals surface area contributed by atoms with E-state index >= 15 is 0 Å². The minimum absolute atomic E-state index is 0.00481. The molecule has 0 saturated carbocycles. The van der Waals surface area contributed by atoms with Crippen LogP contribution in [0.5, 0.6) is 0 Å². The van der Waals surface area contributed by atoms with Crippen LogP contribution < -0.4 is 5.32 Å². The Morgan fingerprint density at radius 1 is 0.407 bits per heavy atom. The Bertz CT molecular complexity index is 1700. The van der Waals surface area contributed by atoms with Crippen LogP contribution in [0.1, 0.15) is 373 Å². The van der Waals surface area contributed by atoms with Crippen molar-refractivity contribution in [2.24, 2.45) is 0 Å². The van der Waals surface area contributed by atoms with Crippen LogP contribution in [0.25, 0.3) is 0 Å². The maximum Gasteiger partial charge on any atom is 0.305 e. The Labute approximate surface area is 560 Å². The second-order valence-electron chi connectivity index (χ2n) is 27.1. The SMILES string of the molecule is CCCCC/C=C\C/C=C\CCCCCCCCCC(=O)OCCCCCCCCCCCCCCC/C=C\C/C=C\CCCCCCCCCCCCCCCCCCCC(=O)NC(COC1OC(CO)C(O)C(O)C1O)C(O)/C=C/CCCCCCCCC. The molecule has 0 aromatic heterocycles. The number of nitrogens with one attached hydrogen (secondary N) is 1. The molecule has 0 aliphatic carbocycles. The molecule has 1 amide bonds. The number of allylic oxidation sites excluding steroid dienone is 9. The lowest BCUT2D eigenvalue weighted by Crippen LogP contribution is -2.60. The smallest absolute Gasteiger partial charge is 0.305 e. The lowest BCUT2D eigenvalue weighted by atomic mass is 9.99. The molecule has 1 fully saturated rings. The number of ether oxygens (including phenoxy) is 3. The fraction of sp³-hybridized carbons (Fsp3) is 0.850. The molecule has 6 N–H and O–H groups in total. The maximum atomic E-state index is 13.0. The summed E-state index contributed by atoms with van der Waals surface area (Å²) in [5, 5.41) is 54.3. The molecule has 0 spiro atoms. The molecule has 11 heteroatoms. The average molecular weight is 1280 g/mol. The summed E-state index contributed by atoms with van der Waals surface area (Å²) >= 11 is 0. The zero-order chi connectivity index (χ0) is 65.8. The van der Waals surface area contributed by atoms with Gasteiger partial charge in [-0.15, -0.1) is 0 Å². The maximum absolute atomic E-state index is 13.0. The third kappa shape index (κ3) is 57.3. The Balaban J connectivity index is 1.87. The van der Waals surface area contributed by atoms with Crippen molar-refractivity contribution in [3.63, 3.8) is 0 Å². The Kier molecular flexibility index (Phi) is 65.2. The first-order chi connectivity index (χ1) is 44.7. The second-order valence-corrected chi connectivity index (χ2v) is 27.1. The highest BCUT2D eigenvalue weighted by Crippen LogP contribution is 2.23. The van der Waals surface area contributed by atoms with Crippen LogP contribution in [0, 0.1) is 0 Å². The van der Waals surface area contributed by atoms with Crippen LogP contribution in [-0.4, -0.2) is 100 Å². The van der Waals surface area contributed by atoms with Gasteiger partial charge in [0.25, 0.3) is 0 Å². The number of hydrogen-bond acceptors (Lipinski definition) is 10. The lowest BCUT2D eigenvalue weighted by Gasteiger charge is -2.40. The topological polar surface area (TPSA) is 175 Å². The van der Waals surface area contributed by atoms with E-state index in [0.717, 1.165) is 70.6 Å². The summed E-state index contributed by atoms with van der Waals surface area (Å²) < 4.78 is 16.7. The molecule has 1 aliphatic rings. The monoisotopic (exact) mass is 1280 g/mol. The Hall–Kier alpha value is -2.64. The van der Waals surface area contributed by atoms with Crippen molar-refractivity contribution in [2.45, 2.75) is 416 Å². The van der Waals surface area contributed by atoms with Gasteiger partial charge in [0.05, 0.1) is 32.0 Å². The van der Waals surface area contributed by atoms with E-state index in [1.807, 2.05) is 6.08 Å². The van der Waals surface area contributed by atoms with Crippen molar-refractivity contribution in [3.8, 4) is 0 Å². The third-order valence-corrected chi connectivity index (χ3v) is 18.3. The molecule has 11 nitrogen and oxygen atoms in total. The van der Waals surface area contributed by atoms with Gasteiger partial charge in [-0.3, -0.25) is 9.59 Å². The molecule has 1 rings (SSSR count). The van der Waals surface area contributed by atoms with Crippen molar-refractivity contribution in [1.82, 2.24) is 5.32 Å². The van der Waals surface area contributed by atoms with Gasteiger partial charge in [-0.25, -0.2) is 0 Å². The number of carbonyl (C=O) groups is 2. The van der Waals surface area contributed by atoms with E-state index < -0.39 is 49.5 Å². The predicted molar refractivity (Wildman–Crippen MR) is 384 cm³/mol. The van der Waals surface area contributed by atoms with Gasteiger partial charge in [0, 0.05) is 12.8 Å². The highest BCUT2D eigenvalue weighted by Gasteiger charge is 2.44. The van der Waals surface area contributed by atoms with Gasteiger partial charge in [-0.1, -0.05) is 325 Å². The standard InChI is InChI=1S/C80H147NO10/c1-3-5-7-9-11-13-14-15-16-38-42-45-48-52-56-60-64-68-76(85)89-69-65-61-57-53-49-46-43-40-37-35-33-31-29-27-25-23-21-19-17-18-20-22-24-26-28-30-32-34-36-39-41-44-47-51-55-59-63-67-75(84)81-72(73(83)66-62-58-54-50-12-10-8-6-4-2)71-90-80-79(88)78(87)77(86)74(70-82)91-80/h11,13,15-17,19,23,25,62,66,72-74,77-80,82-83,86-88H,3-10,12,14,18,20-22,24,26-61,63-65,67-71H2,1-2H3,(H,81,84)/b13-11-,16-15-,19-17-,25-23-,66-62+. The van der Waals surface area contributed by atoms with Gasteiger partial charge in [-0.2, -0.15) is 0 Å². The highest BCUT2D eigenvalue weighted by atomic mass is 16.7. The first-order valence-corrected chi connectivity index (χ1v) is 39.1. The number of aliphatic hydroxyl groups is 5. The molecule has 0 radical (unpaired) electrons. The van der Waals surface area contributed by atoms with Crippen LogP contribution in [0.15, 0.2) is 60.8 Å². The molecule has 1 heterocycles. The fourth-order valence-electron chi connectivity index (χ4n) is 12.2. The quantitative estimate of drug-likeness (QED) is 0.0195. The Morgan fingerprint density at radius 3 is 1.13 bits per heavy atom. The van der Waals surface area contributed by atoms with Crippen LogP contribution >= 0.6 is 0 Å². The van der Waals surface area contributed by atoms with E-state index in [0.29, 0.717) is 19.4 Å². The van der Waals surface area contributed by atoms with Gasteiger partial charge < -0.3 is 45.1 Å². The van der Waals surface area contributed by atoms with Crippen molar-refractivity contribution < 1.29 is 49.3 Å². The van der Waals surface area contributed by atoms with Crippen LogP contribution in [0.3, 0.4) is 0 Å². The van der Waals surface area contributed by atoms with E-state index in [-0.39, 0.29) is 18.5 Å². The third-order valence-electron chi connectivity index (χ3n) is 18.3. The molecule has 91 heavy (non-hydrogen) atoms. The van der Waals surface area contributed by atoms with Crippen molar-refractivity contribution >= 4 is 11.9 Å². The summed E-state index contributed by atoms with van der Waals surface area (Å²) in [7, 11) is 0. The van der Waals surface area contributed by atoms with Gasteiger partial charge in [0.1, 0.15) is 24.4 Å². The number of aliphatic hydroxyl groups excluding tert-OH is 5. The molecular formula is C80H147NO10. The minimum atomic E-state index is -1.57. The minimum Gasteiger partial charge on any atom is -0.466 e. The molecule has 7 unspecified atom stereocenters. The number of amides is 1. The van der Waals surface area contributed by atoms with Gasteiger partial charge in [0.2, 0.25) is 5.91 Å². The summed E-state index contributed by atoms with van der Waals surface area (Å²) in [6.07, 6.45) is 82.6. The van der Waals surface area contributed by atoms with Crippen molar-refractivity contribution in [3.05, 3.63) is 60.8 Å². The summed E-state index contributed by atoms with van der Waals surface area (Å²) in [5.41, 5.74) is 0.